The Labute approximate surface area is 230 Å². The quantitative estimate of drug-likeness (QED) is 0.218. The highest BCUT2D eigenvalue weighted by atomic mass is 16.5. The fraction of sp³-hybridized carbons (Fsp3) is 0.0645. The van der Waals surface area contributed by atoms with Crippen molar-refractivity contribution in [3.8, 4) is 34.1 Å². The number of nitrogens with one attached hydrogen (secondary N) is 1. The summed E-state index contributed by atoms with van der Waals surface area (Å²) in [6.07, 6.45) is 2.74. The second kappa shape index (κ2) is 10.8. The third-order valence-corrected chi connectivity index (χ3v) is 6.41. The first-order valence-corrected chi connectivity index (χ1v) is 12.7. The molecule has 6 aromatic rings. The highest BCUT2D eigenvalue weighted by Crippen LogP contribution is 2.33. The molecule has 0 aliphatic rings. The Balaban J connectivity index is 1.24. The molecule has 0 bridgehead atoms. The van der Waals surface area contributed by atoms with E-state index >= 15 is 0 Å². The van der Waals surface area contributed by atoms with E-state index in [9.17, 15) is 5.11 Å². The number of nitrogens with two attached hydrogens (primary N) is 1. The van der Waals surface area contributed by atoms with Crippen LogP contribution in [0.2, 0.25) is 0 Å². The maximum atomic E-state index is 9.84. The van der Waals surface area contributed by atoms with Crippen molar-refractivity contribution in [2.75, 3.05) is 11.1 Å². The molecule has 0 spiro atoms. The summed E-state index contributed by atoms with van der Waals surface area (Å²) in [6.45, 7) is 1.75. The van der Waals surface area contributed by atoms with Gasteiger partial charge < -0.3 is 20.9 Å². The average molecular weight is 528 g/mol. The summed E-state index contributed by atoms with van der Waals surface area (Å²) in [5.74, 6) is 1.84. The number of aromatic nitrogens is 5. The van der Waals surface area contributed by atoms with E-state index in [4.69, 9.17) is 10.5 Å². The molecule has 0 aliphatic heterocycles. The van der Waals surface area contributed by atoms with Crippen LogP contribution in [-0.4, -0.2) is 30.3 Å². The van der Waals surface area contributed by atoms with Crippen LogP contribution in [0.15, 0.2) is 103 Å². The van der Waals surface area contributed by atoms with Gasteiger partial charge >= 0.3 is 0 Å². The lowest BCUT2D eigenvalue weighted by atomic mass is 10.0. The number of nitrogen functional groups attached to an aromatic ring is 1. The number of pyridine rings is 1. The topological polar surface area (TPSA) is 132 Å². The number of anilines is 3. The van der Waals surface area contributed by atoms with E-state index in [1.807, 2.05) is 84.9 Å². The fourth-order valence-electron chi connectivity index (χ4n) is 4.37. The molecule has 0 amide bonds. The average Bonchev–Trinajstić information content (AvgIpc) is 2.99. The van der Waals surface area contributed by atoms with Crippen molar-refractivity contribution in [1.82, 2.24) is 25.1 Å². The van der Waals surface area contributed by atoms with Crippen molar-refractivity contribution in [2.24, 2.45) is 0 Å². The summed E-state index contributed by atoms with van der Waals surface area (Å²) in [5, 5.41) is 24.2. The standard InChI is InChI=1S/C31H25N7O2/c1-19(39)20-8-10-21(11-9-20)28-24-5-2-3-6-25(24)29(38-37-28)35-22-12-14-23(15-13-22)40-30-26(7-4-17-33-30)27-16-18-34-31(32)36-27/h2-19,39H,1H3,(H,35,38)(H2,32,34,36)/t19-/m1/s1. The van der Waals surface area contributed by atoms with E-state index in [-0.39, 0.29) is 5.95 Å². The summed E-state index contributed by atoms with van der Waals surface area (Å²) in [6, 6.07) is 28.7. The molecule has 0 unspecified atom stereocenters. The smallest absolute Gasteiger partial charge is 0.228 e. The highest BCUT2D eigenvalue weighted by molar-refractivity contribution is 6.00. The summed E-state index contributed by atoms with van der Waals surface area (Å²) in [4.78, 5) is 12.6. The van der Waals surface area contributed by atoms with Crippen LogP contribution in [0.5, 0.6) is 11.6 Å². The number of hydrogen-bond donors (Lipinski definition) is 3. The molecule has 0 aliphatic carbocycles. The molecular weight excluding hydrogens is 502 g/mol. The Bertz CT molecular complexity index is 1790. The van der Waals surface area contributed by atoms with Gasteiger partial charge in [-0.25, -0.2) is 15.0 Å². The van der Waals surface area contributed by atoms with Gasteiger partial charge in [-0.05, 0) is 55.0 Å². The molecule has 9 heteroatoms. The summed E-state index contributed by atoms with van der Waals surface area (Å²) >= 11 is 0. The minimum atomic E-state index is -0.524. The molecule has 6 rings (SSSR count). The molecule has 9 nitrogen and oxygen atoms in total. The molecule has 1 atom stereocenters. The van der Waals surface area contributed by atoms with Crippen LogP contribution in [0.25, 0.3) is 33.3 Å². The normalized spacial score (nSPS) is 11.8. The van der Waals surface area contributed by atoms with Crippen molar-refractivity contribution in [3.63, 3.8) is 0 Å². The molecule has 3 aromatic carbocycles. The number of aliphatic hydroxyl groups is 1. The van der Waals surface area contributed by atoms with Crippen LogP contribution in [0.1, 0.15) is 18.6 Å². The predicted molar refractivity (Wildman–Crippen MR) is 155 cm³/mol. The lowest BCUT2D eigenvalue weighted by Crippen LogP contribution is -2.00. The van der Waals surface area contributed by atoms with Crippen molar-refractivity contribution in [3.05, 3.63) is 109 Å². The first-order valence-electron chi connectivity index (χ1n) is 12.7. The van der Waals surface area contributed by atoms with Gasteiger partial charge in [-0.2, -0.15) is 0 Å². The molecular formula is C31H25N7O2. The van der Waals surface area contributed by atoms with Crippen molar-refractivity contribution < 1.29 is 9.84 Å². The second-order valence-electron chi connectivity index (χ2n) is 9.15. The SMILES string of the molecule is C[C@@H](O)c1ccc(-c2nnc(Nc3ccc(Oc4ncccc4-c4ccnc(N)n4)cc3)c3ccccc23)cc1. The third kappa shape index (κ3) is 5.13. The van der Waals surface area contributed by atoms with Gasteiger partial charge in [-0.15, -0.1) is 10.2 Å². The van der Waals surface area contributed by atoms with E-state index in [1.165, 1.54) is 0 Å². The Morgan fingerprint density at radius 3 is 2.33 bits per heavy atom. The van der Waals surface area contributed by atoms with Crippen LogP contribution in [0.4, 0.5) is 17.5 Å². The first kappa shape index (κ1) is 24.9. The number of benzene rings is 3. The van der Waals surface area contributed by atoms with Gasteiger partial charge in [0.25, 0.3) is 0 Å². The van der Waals surface area contributed by atoms with E-state index in [1.54, 1.807) is 25.4 Å². The van der Waals surface area contributed by atoms with E-state index in [0.717, 1.165) is 33.3 Å². The van der Waals surface area contributed by atoms with Gasteiger partial charge in [-0.1, -0.05) is 48.5 Å². The lowest BCUT2D eigenvalue weighted by Gasteiger charge is -2.13. The zero-order valence-electron chi connectivity index (χ0n) is 21.6. The largest absolute Gasteiger partial charge is 0.438 e. The van der Waals surface area contributed by atoms with Gasteiger partial charge in [0.2, 0.25) is 11.8 Å². The number of ether oxygens (including phenoxy) is 1. The van der Waals surface area contributed by atoms with Gasteiger partial charge in [0, 0.05) is 34.4 Å². The second-order valence-corrected chi connectivity index (χ2v) is 9.15. The molecule has 0 fully saturated rings. The Morgan fingerprint density at radius 1 is 0.800 bits per heavy atom. The van der Waals surface area contributed by atoms with Crippen LogP contribution in [0.3, 0.4) is 0 Å². The van der Waals surface area contributed by atoms with E-state index in [2.05, 4.69) is 30.5 Å². The lowest BCUT2D eigenvalue weighted by molar-refractivity contribution is 0.199. The molecule has 0 saturated heterocycles. The Hall–Kier alpha value is -5.41. The number of hydrogen-bond acceptors (Lipinski definition) is 9. The van der Waals surface area contributed by atoms with Crippen LogP contribution < -0.4 is 15.8 Å². The number of aliphatic hydroxyl groups excluding tert-OH is 1. The number of fused-ring (bicyclic) bond motifs is 1. The maximum Gasteiger partial charge on any atom is 0.228 e. The van der Waals surface area contributed by atoms with E-state index in [0.29, 0.717) is 28.7 Å². The zero-order valence-corrected chi connectivity index (χ0v) is 21.6. The Kier molecular flexibility index (Phi) is 6.70. The van der Waals surface area contributed by atoms with Crippen molar-refractivity contribution in [2.45, 2.75) is 13.0 Å². The zero-order chi connectivity index (χ0) is 27.5. The van der Waals surface area contributed by atoms with Crippen LogP contribution >= 0.6 is 0 Å². The Morgan fingerprint density at radius 2 is 1.57 bits per heavy atom. The van der Waals surface area contributed by atoms with Crippen molar-refractivity contribution >= 4 is 28.2 Å². The van der Waals surface area contributed by atoms with Crippen molar-refractivity contribution in [1.29, 1.82) is 0 Å². The van der Waals surface area contributed by atoms with Crippen LogP contribution in [0, 0.1) is 0 Å². The number of rotatable bonds is 7. The third-order valence-electron chi connectivity index (χ3n) is 6.41. The first-order chi connectivity index (χ1) is 19.5. The van der Waals surface area contributed by atoms with Gasteiger partial charge in [0.1, 0.15) is 11.4 Å². The molecule has 3 heterocycles. The molecule has 0 saturated carbocycles. The summed E-state index contributed by atoms with van der Waals surface area (Å²) in [5.41, 5.74) is 10.5. The molecule has 40 heavy (non-hydrogen) atoms. The number of nitrogens with zero attached hydrogens (tertiary/aromatic N) is 5. The maximum absolute atomic E-state index is 9.84. The molecule has 4 N–H and O–H groups in total. The van der Waals surface area contributed by atoms with Gasteiger partial charge in [-0.3, -0.25) is 0 Å². The van der Waals surface area contributed by atoms with Gasteiger partial charge in [0.05, 0.1) is 17.4 Å². The predicted octanol–water partition coefficient (Wildman–Crippen LogP) is 6.32. The van der Waals surface area contributed by atoms with Crippen LogP contribution in [-0.2, 0) is 0 Å². The van der Waals surface area contributed by atoms with Gasteiger partial charge in [0.15, 0.2) is 5.82 Å². The fourth-order valence-corrected chi connectivity index (χ4v) is 4.37. The minimum absolute atomic E-state index is 0.181. The molecule has 0 radical (unpaired) electrons. The van der Waals surface area contributed by atoms with E-state index < -0.39 is 6.10 Å². The monoisotopic (exact) mass is 527 g/mol. The summed E-state index contributed by atoms with van der Waals surface area (Å²) < 4.78 is 6.08. The molecule has 3 aromatic heterocycles. The molecule has 196 valence electrons. The highest BCUT2D eigenvalue weighted by Gasteiger charge is 2.13. The minimum Gasteiger partial charge on any atom is -0.438 e. The summed E-state index contributed by atoms with van der Waals surface area (Å²) in [7, 11) is 0.